The van der Waals surface area contributed by atoms with Gasteiger partial charge in [-0.3, -0.25) is 4.79 Å². The normalized spacial score (nSPS) is 15.1. The zero-order valence-corrected chi connectivity index (χ0v) is 17.1. The smallest absolute Gasteiger partial charge is 0.330 e. The first kappa shape index (κ1) is 21.9. The van der Waals surface area contributed by atoms with Crippen LogP contribution in [0.25, 0.3) is 0 Å². The van der Waals surface area contributed by atoms with Gasteiger partial charge in [0.25, 0.3) is 0 Å². The summed E-state index contributed by atoms with van der Waals surface area (Å²) in [4.78, 5) is 28.0. The minimum Gasteiger partial charge on any atom is -0.466 e. The molecule has 6 nitrogen and oxygen atoms in total. The zero-order valence-electron chi connectivity index (χ0n) is 17.1. The Bertz CT molecular complexity index is 867. The van der Waals surface area contributed by atoms with Crippen LogP contribution in [0.2, 0.25) is 0 Å². The van der Waals surface area contributed by atoms with E-state index >= 15 is 0 Å². The Morgan fingerprint density at radius 1 is 1.28 bits per heavy atom. The molecule has 1 aromatic rings. The minimum absolute atomic E-state index is 0.0811. The summed E-state index contributed by atoms with van der Waals surface area (Å²) >= 11 is 0. The van der Waals surface area contributed by atoms with E-state index in [1.54, 1.807) is 13.0 Å². The lowest BCUT2D eigenvalue weighted by Crippen LogP contribution is -2.46. The molecule has 1 amide bonds. The summed E-state index contributed by atoms with van der Waals surface area (Å²) in [6, 6.07) is 7.92. The number of allylic oxidation sites excluding steroid dienone is 3. The standard InChI is InChI=1S/C23H27N3O3/c1-5-17(11-12-22(27)29-4)15-24-21(6-2)25-16(3)23(28)26-20-13-18-9-7-8-10-19(18)14-20/h6-12,15-16,20,25H,1,13-14H2,2-4H3,(H,26,28)/b12-11+,21-6+,24-15?/t16-/m1/s1. The average Bonchev–Trinajstić information content (AvgIpc) is 3.14. The molecule has 152 valence electrons. The second kappa shape index (κ2) is 10.8. The number of methoxy groups -OCH3 is 1. The van der Waals surface area contributed by atoms with E-state index < -0.39 is 12.0 Å². The molecule has 0 radical (unpaired) electrons. The number of amides is 1. The molecule has 1 atom stereocenters. The first-order chi connectivity index (χ1) is 14.0. The van der Waals surface area contributed by atoms with Crippen LogP contribution in [0, 0.1) is 0 Å². The lowest BCUT2D eigenvalue weighted by molar-refractivity contribution is -0.134. The van der Waals surface area contributed by atoms with Gasteiger partial charge in [-0.2, -0.15) is 0 Å². The van der Waals surface area contributed by atoms with Gasteiger partial charge in [0.15, 0.2) is 0 Å². The van der Waals surface area contributed by atoms with Crippen LogP contribution in [0.1, 0.15) is 25.0 Å². The van der Waals surface area contributed by atoms with Gasteiger partial charge in [0.1, 0.15) is 11.9 Å². The largest absolute Gasteiger partial charge is 0.466 e. The quantitative estimate of drug-likeness (QED) is 0.234. The Balaban J connectivity index is 1.89. The molecule has 29 heavy (non-hydrogen) atoms. The van der Waals surface area contributed by atoms with E-state index in [-0.39, 0.29) is 11.9 Å². The fourth-order valence-corrected chi connectivity index (χ4v) is 2.98. The van der Waals surface area contributed by atoms with Crippen LogP contribution in [0.4, 0.5) is 0 Å². The predicted octanol–water partition coefficient (Wildman–Crippen LogP) is 2.62. The second-order valence-electron chi connectivity index (χ2n) is 6.67. The zero-order chi connectivity index (χ0) is 21.2. The Morgan fingerprint density at radius 3 is 2.48 bits per heavy atom. The van der Waals surface area contributed by atoms with Crippen LogP contribution in [0.5, 0.6) is 0 Å². The highest BCUT2D eigenvalue weighted by Gasteiger charge is 2.24. The molecule has 2 rings (SSSR count). The van der Waals surface area contributed by atoms with Crippen molar-refractivity contribution in [3.8, 4) is 0 Å². The molecule has 0 spiro atoms. The van der Waals surface area contributed by atoms with Gasteiger partial charge in [-0.25, -0.2) is 9.79 Å². The number of esters is 1. The number of nitrogens with one attached hydrogen (secondary N) is 2. The maximum absolute atomic E-state index is 12.6. The molecule has 0 unspecified atom stereocenters. The minimum atomic E-state index is -0.477. The molecule has 6 heteroatoms. The van der Waals surface area contributed by atoms with Gasteiger partial charge in [-0.1, -0.05) is 30.8 Å². The monoisotopic (exact) mass is 393 g/mol. The van der Waals surface area contributed by atoms with Gasteiger partial charge in [0.05, 0.1) is 7.11 Å². The molecule has 0 saturated heterocycles. The summed E-state index contributed by atoms with van der Waals surface area (Å²) in [5.74, 6) is -0.0288. The summed E-state index contributed by atoms with van der Waals surface area (Å²) < 4.78 is 4.55. The van der Waals surface area contributed by atoms with Crippen LogP contribution in [-0.2, 0) is 27.2 Å². The Kier molecular flexibility index (Phi) is 8.19. The van der Waals surface area contributed by atoms with E-state index in [0.717, 1.165) is 12.8 Å². The van der Waals surface area contributed by atoms with Crippen molar-refractivity contribution in [1.29, 1.82) is 0 Å². The van der Waals surface area contributed by atoms with Crippen molar-refractivity contribution in [2.75, 3.05) is 7.11 Å². The van der Waals surface area contributed by atoms with Crippen molar-refractivity contribution in [1.82, 2.24) is 10.6 Å². The van der Waals surface area contributed by atoms with E-state index in [1.807, 2.05) is 19.1 Å². The number of benzene rings is 1. The fraction of sp³-hybridized carbons (Fsp3) is 0.304. The van der Waals surface area contributed by atoms with Gasteiger partial charge in [-0.05, 0) is 50.0 Å². The summed E-state index contributed by atoms with van der Waals surface area (Å²) in [7, 11) is 1.30. The molecule has 0 saturated carbocycles. The van der Waals surface area contributed by atoms with Crippen molar-refractivity contribution < 1.29 is 14.3 Å². The molecule has 0 aromatic heterocycles. The van der Waals surface area contributed by atoms with E-state index in [1.165, 1.54) is 36.6 Å². The fourth-order valence-electron chi connectivity index (χ4n) is 2.98. The van der Waals surface area contributed by atoms with Gasteiger partial charge in [0.2, 0.25) is 5.91 Å². The Labute approximate surface area is 171 Å². The molecule has 2 N–H and O–H groups in total. The van der Waals surface area contributed by atoms with Gasteiger partial charge in [-0.15, -0.1) is 5.73 Å². The maximum atomic E-state index is 12.6. The number of carbonyl (C=O) groups is 2. The third-order valence-corrected chi connectivity index (χ3v) is 4.58. The summed E-state index contributed by atoms with van der Waals surface area (Å²) in [6.45, 7) is 7.18. The highest BCUT2D eigenvalue weighted by Crippen LogP contribution is 2.21. The first-order valence-corrected chi connectivity index (χ1v) is 9.47. The van der Waals surface area contributed by atoms with Crippen LogP contribution < -0.4 is 10.6 Å². The van der Waals surface area contributed by atoms with Crippen LogP contribution in [0.15, 0.2) is 71.2 Å². The molecule has 1 aliphatic carbocycles. The van der Waals surface area contributed by atoms with Crippen LogP contribution in [-0.4, -0.2) is 37.3 Å². The number of nitrogens with zero attached hydrogens (tertiary/aromatic N) is 1. The topological polar surface area (TPSA) is 79.8 Å². The molecular weight excluding hydrogens is 366 g/mol. The number of fused-ring (bicyclic) bond motifs is 1. The second-order valence-corrected chi connectivity index (χ2v) is 6.67. The van der Waals surface area contributed by atoms with Gasteiger partial charge in [0, 0.05) is 23.9 Å². The van der Waals surface area contributed by atoms with Crippen molar-refractivity contribution in [3.63, 3.8) is 0 Å². The highest BCUT2D eigenvalue weighted by atomic mass is 16.5. The molecule has 1 aromatic carbocycles. The van der Waals surface area contributed by atoms with Crippen molar-refractivity contribution in [3.05, 3.63) is 77.3 Å². The van der Waals surface area contributed by atoms with E-state index in [4.69, 9.17) is 0 Å². The summed E-state index contributed by atoms with van der Waals surface area (Å²) in [5.41, 5.74) is 5.78. The highest BCUT2D eigenvalue weighted by molar-refractivity contribution is 5.88. The molecule has 0 aliphatic heterocycles. The molecule has 0 bridgehead atoms. The maximum Gasteiger partial charge on any atom is 0.330 e. The predicted molar refractivity (Wildman–Crippen MR) is 114 cm³/mol. The van der Waals surface area contributed by atoms with Crippen molar-refractivity contribution >= 4 is 18.1 Å². The van der Waals surface area contributed by atoms with Gasteiger partial charge >= 0.3 is 5.97 Å². The molecular formula is C23H27N3O3. The molecule has 1 aliphatic rings. The van der Waals surface area contributed by atoms with Crippen LogP contribution in [0.3, 0.4) is 0 Å². The summed E-state index contributed by atoms with van der Waals surface area (Å²) in [6.07, 6.45) is 7.73. The number of ether oxygens (including phenoxy) is 1. The van der Waals surface area contributed by atoms with Gasteiger partial charge < -0.3 is 15.4 Å². The number of carbonyl (C=O) groups excluding carboxylic acids is 2. The third-order valence-electron chi connectivity index (χ3n) is 4.58. The number of aliphatic imine (C=N–C) groups is 1. The van der Waals surface area contributed by atoms with Crippen molar-refractivity contribution in [2.45, 2.75) is 38.8 Å². The van der Waals surface area contributed by atoms with E-state index in [0.29, 0.717) is 11.4 Å². The molecule has 0 heterocycles. The lowest BCUT2D eigenvalue weighted by Gasteiger charge is -2.18. The van der Waals surface area contributed by atoms with E-state index in [2.05, 4.69) is 44.8 Å². The Morgan fingerprint density at radius 2 is 1.93 bits per heavy atom. The third kappa shape index (κ3) is 6.63. The number of hydrogen-bond acceptors (Lipinski definition) is 5. The van der Waals surface area contributed by atoms with Crippen molar-refractivity contribution in [2.24, 2.45) is 4.99 Å². The number of rotatable bonds is 8. The Hall–Kier alpha value is -3.37. The summed E-state index contributed by atoms with van der Waals surface area (Å²) in [5, 5.41) is 6.19. The SMILES string of the molecule is C=C=C(C=N/C(=C\C)N[C@H](C)C(=O)NC1Cc2ccccc2C1)/C=C/C(=O)OC. The molecule has 0 fully saturated rings. The van der Waals surface area contributed by atoms with Crippen LogP contribution >= 0.6 is 0 Å². The lowest BCUT2D eigenvalue weighted by atomic mass is 10.1. The average molecular weight is 393 g/mol. The number of hydrogen-bond donors (Lipinski definition) is 2. The van der Waals surface area contributed by atoms with E-state index in [9.17, 15) is 9.59 Å². The first-order valence-electron chi connectivity index (χ1n) is 9.47.